The highest BCUT2D eigenvalue weighted by Gasteiger charge is 2.08. The number of hydrogen-bond acceptors (Lipinski definition) is 3. The summed E-state index contributed by atoms with van der Waals surface area (Å²) in [6.07, 6.45) is 0. The van der Waals surface area contributed by atoms with Crippen molar-refractivity contribution in [3.05, 3.63) is 66.2 Å². The van der Waals surface area contributed by atoms with Crippen LogP contribution < -0.4 is 10.1 Å². The van der Waals surface area contributed by atoms with Gasteiger partial charge in [0.05, 0.1) is 5.69 Å². The first-order valence-corrected chi connectivity index (χ1v) is 6.53. The molecule has 0 unspecified atom stereocenters. The van der Waals surface area contributed by atoms with Crippen LogP contribution in [0, 0.1) is 0 Å². The van der Waals surface area contributed by atoms with Crippen LogP contribution in [0.4, 0.5) is 5.69 Å². The number of carbonyl (C=O) groups excluding carboxylic acids is 1. The first-order chi connectivity index (χ1) is 10.1. The lowest BCUT2D eigenvalue weighted by Crippen LogP contribution is -2.11. The van der Waals surface area contributed by atoms with Gasteiger partial charge in [-0.3, -0.25) is 4.79 Å². The Bertz CT molecular complexity index is 647. The summed E-state index contributed by atoms with van der Waals surface area (Å²) in [4.78, 5) is 12.1. The van der Waals surface area contributed by atoms with Gasteiger partial charge in [-0.15, -0.1) is 0 Å². The lowest BCUT2D eigenvalue weighted by Gasteiger charge is -2.08. The molecule has 21 heavy (non-hydrogen) atoms. The van der Waals surface area contributed by atoms with Crippen molar-refractivity contribution < 1.29 is 14.6 Å². The van der Waals surface area contributed by atoms with Gasteiger partial charge in [0.2, 0.25) is 0 Å². The first kappa shape index (κ1) is 14.7. The molecule has 0 aliphatic carbocycles. The maximum atomic E-state index is 12.1. The third kappa shape index (κ3) is 4.11. The van der Waals surface area contributed by atoms with Crippen molar-refractivity contribution in [3.8, 4) is 11.5 Å². The molecule has 2 aromatic rings. The largest absolute Gasteiger partial charge is 0.506 e. The van der Waals surface area contributed by atoms with Crippen LogP contribution >= 0.6 is 0 Å². The Morgan fingerprint density at radius 3 is 2.48 bits per heavy atom. The summed E-state index contributed by atoms with van der Waals surface area (Å²) >= 11 is 0. The number of benzene rings is 2. The van der Waals surface area contributed by atoms with E-state index in [1.54, 1.807) is 42.5 Å². The maximum Gasteiger partial charge on any atom is 0.255 e. The molecule has 2 rings (SSSR count). The molecule has 0 fully saturated rings. The Hall–Kier alpha value is -2.75. The Labute approximate surface area is 123 Å². The second-order valence-corrected chi connectivity index (χ2v) is 4.74. The fourth-order valence-electron chi connectivity index (χ4n) is 1.68. The average Bonchev–Trinajstić information content (AvgIpc) is 2.48. The highest BCUT2D eigenvalue weighted by molar-refractivity contribution is 6.05. The first-order valence-electron chi connectivity index (χ1n) is 6.53. The minimum Gasteiger partial charge on any atom is -0.506 e. The molecule has 4 nitrogen and oxygen atoms in total. The Balaban J connectivity index is 2.03. The van der Waals surface area contributed by atoms with Crippen molar-refractivity contribution in [2.75, 3.05) is 11.9 Å². The van der Waals surface area contributed by atoms with Gasteiger partial charge in [-0.1, -0.05) is 18.7 Å². The number of phenols is 1. The number of hydrogen-bond donors (Lipinski definition) is 2. The zero-order valence-corrected chi connectivity index (χ0v) is 11.8. The second kappa shape index (κ2) is 6.61. The molecule has 2 aromatic carbocycles. The molecule has 0 saturated heterocycles. The minimum atomic E-state index is -0.289. The molecular formula is C17H17NO3. The van der Waals surface area contributed by atoms with E-state index in [9.17, 15) is 9.90 Å². The second-order valence-electron chi connectivity index (χ2n) is 4.74. The number of phenolic OH excluding ortho intramolecular Hbond substituents is 1. The summed E-state index contributed by atoms with van der Waals surface area (Å²) in [6.45, 7) is 6.09. The summed E-state index contributed by atoms with van der Waals surface area (Å²) in [7, 11) is 0. The third-order valence-electron chi connectivity index (χ3n) is 2.75. The average molecular weight is 283 g/mol. The van der Waals surface area contributed by atoms with Crippen molar-refractivity contribution in [3.63, 3.8) is 0 Å². The fraction of sp³-hybridized carbons (Fsp3) is 0.118. The predicted molar refractivity (Wildman–Crippen MR) is 82.8 cm³/mol. The Morgan fingerprint density at radius 1 is 1.19 bits per heavy atom. The smallest absolute Gasteiger partial charge is 0.255 e. The van der Waals surface area contributed by atoms with Gasteiger partial charge in [-0.25, -0.2) is 0 Å². The zero-order chi connectivity index (χ0) is 15.2. The number of rotatable bonds is 5. The molecule has 0 aliphatic rings. The molecule has 0 spiro atoms. The zero-order valence-electron chi connectivity index (χ0n) is 11.8. The molecule has 0 aliphatic heterocycles. The van der Waals surface area contributed by atoms with Gasteiger partial charge in [-0.05, 0) is 48.9 Å². The SMILES string of the molecule is C=C(C)COc1ccc(C(=O)Nc2ccccc2O)cc1. The van der Waals surface area contributed by atoms with E-state index in [4.69, 9.17) is 4.74 Å². The van der Waals surface area contributed by atoms with Crippen LogP contribution in [0.5, 0.6) is 11.5 Å². The Morgan fingerprint density at radius 2 is 1.86 bits per heavy atom. The van der Waals surface area contributed by atoms with Gasteiger partial charge in [0.25, 0.3) is 5.91 Å². The molecule has 2 N–H and O–H groups in total. The lowest BCUT2D eigenvalue weighted by atomic mass is 10.2. The molecule has 4 heteroatoms. The van der Waals surface area contributed by atoms with Crippen LogP contribution in [0.3, 0.4) is 0 Å². The van der Waals surface area contributed by atoms with Crippen molar-refractivity contribution in [2.45, 2.75) is 6.92 Å². The quantitative estimate of drug-likeness (QED) is 0.651. The van der Waals surface area contributed by atoms with Crippen LogP contribution in [0.1, 0.15) is 17.3 Å². The van der Waals surface area contributed by atoms with Crippen LogP contribution in [0.15, 0.2) is 60.7 Å². The molecule has 0 aromatic heterocycles. The molecule has 108 valence electrons. The van der Waals surface area contributed by atoms with E-state index >= 15 is 0 Å². The summed E-state index contributed by atoms with van der Waals surface area (Å²) < 4.78 is 5.47. The van der Waals surface area contributed by atoms with Gasteiger partial charge in [-0.2, -0.15) is 0 Å². The summed E-state index contributed by atoms with van der Waals surface area (Å²) in [6, 6.07) is 13.4. The van der Waals surface area contributed by atoms with E-state index in [0.29, 0.717) is 23.6 Å². The number of para-hydroxylation sites is 2. The van der Waals surface area contributed by atoms with E-state index in [0.717, 1.165) is 5.57 Å². The molecule has 0 atom stereocenters. The van der Waals surface area contributed by atoms with Crippen LogP contribution in [0.2, 0.25) is 0 Å². The number of anilines is 1. The molecule has 0 heterocycles. The number of carbonyl (C=O) groups is 1. The van der Waals surface area contributed by atoms with E-state index in [2.05, 4.69) is 11.9 Å². The van der Waals surface area contributed by atoms with Crippen LogP contribution in [-0.4, -0.2) is 17.6 Å². The topological polar surface area (TPSA) is 58.6 Å². The number of aromatic hydroxyl groups is 1. The van der Waals surface area contributed by atoms with Crippen molar-refractivity contribution in [2.24, 2.45) is 0 Å². The number of ether oxygens (including phenoxy) is 1. The van der Waals surface area contributed by atoms with E-state index in [1.165, 1.54) is 6.07 Å². The summed E-state index contributed by atoms with van der Waals surface area (Å²) in [5, 5.41) is 12.3. The maximum absolute atomic E-state index is 12.1. The van der Waals surface area contributed by atoms with Crippen molar-refractivity contribution in [1.29, 1.82) is 0 Å². The van der Waals surface area contributed by atoms with E-state index in [1.807, 2.05) is 6.92 Å². The molecular weight excluding hydrogens is 266 g/mol. The van der Waals surface area contributed by atoms with Gasteiger partial charge >= 0.3 is 0 Å². The Kier molecular flexibility index (Phi) is 4.61. The van der Waals surface area contributed by atoms with Crippen molar-refractivity contribution >= 4 is 11.6 Å². The number of nitrogens with one attached hydrogen (secondary N) is 1. The number of amides is 1. The monoisotopic (exact) mass is 283 g/mol. The van der Waals surface area contributed by atoms with Gasteiger partial charge in [0, 0.05) is 5.56 Å². The molecule has 1 amide bonds. The van der Waals surface area contributed by atoms with Crippen LogP contribution in [0.25, 0.3) is 0 Å². The molecule has 0 bridgehead atoms. The van der Waals surface area contributed by atoms with E-state index < -0.39 is 0 Å². The summed E-state index contributed by atoms with van der Waals surface area (Å²) in [5.41, 5.74) is 1.79. The molecule has 0 saturated carbocycles. The van der Waals surface area contributed by atoms with Crippen LogP contribution in [-0.2, 0) is 0 Å². The van der Waals surface area contributed by atoms with E-state index in [-0.39, 0.29) is 11.7 Å². The normalized spacial score (nSPS) is 9.95. The molecule has 0 radical (unpaired) electrons. The lowest BCUT2D eigenvalue weighted by molar-refractivity contribution is 0.102. The van der Waals surface area contributed by atoms with Gasteiger partial charge in [0.1, 0.15) is 18.1 Å². The highest BCUT2D eigenvalue weighted by Crippen LogP contribution is 2.22. The van der Waals surface area contributed by atoms with Gasteiger partial charge < -0.3 is 15.2 Å². The standard InChI is InChI=1S/C17H17NO3/c1-12(2)11-21-14-9-7-13(8-10-14)17(20)18-15-5-3-4-6-16(15)19/h3-10,19H,1,11H2,2H3,(H,18,20). The van der Waals surface area contributed by atoms with Crippen molar-refractivity contribution in [1.82, 2.24) is 0 Å². The minimum absolute atomic E-state index is 0.0345. The fourth-order valence-corrected chi connectivity index (χ4v) is 1.68. The highest BCUT2D eigenvalue weighted by atomic mass is 16.5. The predicted octanol–water partition coefficient (Wildman–Crippen LogP) is 3.60. The third-order valence-corrected chi connectivity index (χ3v) is 2.75. The summed E-state index contributed by atoms with van der Waals surface area (Å²) in [5.74, 6) is 0.423. The van der Waals surface area contributed by atoms with Gasteiger partial charge in [0.15, 0.2) is 0 Å².